The first-order valence-corrected chi connectivity index (χ1v) is 6.63. The van der Waals surface area contributed by atoms with Gasteiger partial charge < -0.3 is 10.0 Å². The number of halogens is 1. The van der Waals surface area contributed by atoms with Crippen molar-refractivity contribution in [3.8, 4) is 6.07 Å². The molecule has 1 aliphatic rings. The molecule has 0 spiro atoms. The zero-order valence-electron chi connectivity index (χ0n) is 10.7. The summed E-state index contributed by atoms with van der Waals surface area (Å²) in [6.07, 6.45) is 1.93. The van der Waals surface area contributed by atoms with Crippen molar-refractivity contribution in [1.82, 2.24) is 0 Å². The highest BCUT2D eigenvalue weighted by atomic mass is 35.5. The van der Waals surface area contributed by atoms with Gasteiger partial charge in [-0.3, -0.25) is 0 Å². The van der Waals surface area contributed by atoms with E-state index < -0.39 is 11.5 Å². The van der Waals surface area contributed by atoms with Gasteiger partial charge >= 0.3 is 5.97 Å². The summed E-state index contributed by atoms with van der Waals surface area (Å²) < 4.78 is 0. The van der Waals surface area contributed by atoms with Crippen LogP contribution >= 0.6 is 11.6 Å². The molecule has 2 rings (SSSR count). The predicted molar refractivity (Wildman–Crippen MR) is 73.4 cm³/mol. The molecule has 0 bridgehead atoms. The smallest absolute Gasteiger partial charge is 0.329 e. The number of benzene rings is 1. The lowest BCUT2D eigenvalue weighted by Crippen LogP contribution is -2.50. The maximum atomic E-state index is 11.7. The van der Waals surface area contributed by atoms with Gasteiger partial charge in [0.1, 0.15) is 11.6 Å². The number of nitrogens with zero attached hydrogens (tertiary/aromatic N) is 2. The van der Waals surface area contributed by atoms with Gasteiger partial charge in [0.15, 0.2) is 0 Å². The lowest BCUT2D eigenvalue weighted by molar-refractivity contribution is -0.143. The Balaban J connectivity index is 2.52. The molecule has 0 saturated carbocycles. The van der Waals surface area contributed by atoms with Gasteiger partial charge in [-0.25, -0.2) is 4.79 Å². The van der Waals surface area contributed by atoms with E-state index >= 15 is 0 Å². The average Bonchev–Trinajstić information content (AvgIpc) is 2.83. The van der Waals surface area contributed by atoms with Gasteiger partial charge in [0.2, 0.25) is 0 Å². The van der Waals surface area contributed by atoms with Crippen LogP contribution < -0.4 is 4.90 Å². The minimum atomic E-state index is -0.903. The van der Waals surface area contributed by atoms with Crippen LogP contribution in [0.3, 0.4) is 0 Å². The van der Waals surface area contributed by atoms with Gasteiger partial charge in [-0.05, 0) is 37.5 Å². The molecule has 1 aliphatic heterocycles. The molecule has 0 radical (unpaired) electrons. The van der Waals surface area contributed by atoms with E-state index in [9.17, 15) is 15.2 Å². The molecule has 1 heterocycles. The second-order valence-corrected chi connectivity index (χ2v) is 5.16. The Morgan fingerprint density at radius 3 is 2.95 bits per heavy atom. The second kappa shape index (κ2) is 5.10. The fourth-order valence-corrected chi connectivity index (χ4v) is 2.98. The van der Waals surface area contributed by atoms with E-state index in [0.717, 1.165) is 6.42 Å². The van der Waals surface area contributed by atoms with Gasteiger partial charge in [-0.15, -0.1) is 0 Å². The minimum absolute atomic E-state index is 0.425. The number of hydrogen-bond acceptors (Lipinski definition) is 3. The van der Waals surface area contributed by atoms with E-state index in [4.69, 9.17) is 11.6 Å². The van der Waals surface area contributed by atoms with Crippen molar-refractivity contribution in [3.05, 3.63) is 28.8 Å². The second-order valence-electron chi connectivity index (χ2n) is 4.72. The molecule has 19 heavy (non-hydrogen) atoms. The Morgan fingerprint density at radius 2 is 2.37 bits per heavy atom. The number of carbonyl (C=O) groups is 1. The molecular weight excluding hydrogens is 264 g/mol. The number of anilines is 1. The Bertz CT molecular complexity index is 553. The first-order chi connectivity index (χ1) is 9.05. The van der Waals surface area contributed by atoms with Crippen LogP contribution in [0, 0.1) is 11.3 Å². The van der Waals surface area contributed by atoms with E-state index in [1.54, 1.807) is 18.2 Å². The highest BCUT2D eigenvalue weighted by molar-refractivity contribution is 6.30. The summed E-state index contributed by atoms with van der Waals surface area (Å²) in [5, 5.41) is 19.2. The summed E-state index contributed by atoms with van der Waals surface area (Å²) in [6.45, 7) is 2.52. The molecular formula is C14H15ClN2O2. The Morgan fingerprint density at radius 1 is 1.63 bits per heavy atom. The highest BCUT2D eigenvalue weighted by Gasteiger charge is 2.46. The zero-order valence-corrected chi connectivity index (χ0v) is 11.4. The van der Waals surface area contributed by atoms with Crippen LogP contribution in [0.4, 0.5) is 5.69 Å². The summed E-state index contributed by atoms with van der Waals surface area (Å²) in [5.74, 6) is -0.827. The van der Waals surface area contributed by atoms with Crippen LogP contribution in [-0.4, -0.2) is 23.2 Å². The predicted octanol–water partition coefficient (Wildman–Crippen LogP) is 3.05. The molecule has 1 unspecified atom stereocenters. The standard InChI is InChI=1S/C14H15ClN2O2/c1-2-14(13(18)19)6-3-7-17(14)12-5-4-11(15)8-10(12)9-16/h4-5,8H,2-3,6-7H2,1H3,(H,18,19). The van der Waals surface area contributed by atoms with E-state index in [1.807, 2.05) is 11.8 Å². The SMILES string of the molecule is CCC1(C(=O)O)CCCN1c1ccc(Cl)cc1C#N. The third kappa shape index (κ3) is 2.15. The van der Waals surface area contributed by atoms with Crippen molar-refractivity contribution in [2.45, 2.75) is 31.7 Å². The molecule has 0 amide bonds. The maximum absolute atomic E-state index is 11.7. The molecule has 1 aromatic carbocycles. The third-order valence-corrected chi connectivity index (χ3v) is 4.08. The van der Waals surface area contributed by atoms with Crippen molar-refractivity contribution in [2.24, 2.45) is 0 Å². The molecule has 4 nitrogen and oxygen atoms in total. The Kier molecular flexibility index (Phi) is 3.68. The van der Waals surface area contributed by atoms with Crippen LogP contribution in [0.15, 0.2) is 18.2 Å². The summed E-state index contributed by atoms with van der Waals surface area (Å²) in [4.78, 5) is 13.5. The fraction of sp³-hybridized carbons (Fsp3) is 0.429. The number of nitriles is 1. The monoisotopic (exact) mass is 278 g/mol. The van der Waals surface area contributed by atoms with Crippen LogP contribution in [-0.2, 0) is 4.79 Å². The van der Waals surface area contributed by atoms with E-state index in [-0.39, 0.29) is 0 Å². The largest absolute Gasteiger partial charge is 0.479 e. The van der Waals surface area contributed by atoms with Crippen molar-refractivity contribution >= 4 is 23.3 Å². The van der Waals surface area contributed by atoms with Crippen LogP contribution in [0.1, 0.15) is 31.7 Å². The van der Waals surface area contributed by atoms with Crippen molar-refractivity contribution in [1.29, 1.82) is 5.26 Å². The van der Waals surface area contributed by atoms with Crippen molar-refractivity contribution < 1.29 is 9.90 Å². The van der Waals surface area contributed by atoms with Gasteiger partial charge in [-0.1, -0.05) is 18.5 Å². The molecule has 0 aliphatic carbocycles. The third-order valence-electron chi connectivity index (χ3n) is 3.84. The zero-order chi connectivity index (χ0) is 14.0. The van der Waals surface area contributed by atoms with E-state index in [1.165, 1.54) is 0 Å². The maximum Gasteiger partial charge on any atom is 0.329 e. The van der Waals surface area contributed by atoms with Gasteiger partial charge in [0.05, 0.1) is 11.3 Å². The fourth-order valence-electron chi connectivity index (χ4n) is 2.80. The van der Waals surface area contributed by atoms with Gasteiger partial charge in [0.25, 0.3) is 0 Å². The molecule has 0 aromatic heterocycles. The number of rotatable bonds is 3. The van der Waals surface area contributed by atoms with Gasteiger partial charge in [-0.2, -0.15) is 5.26 Å². The first-order valence-electron chi connectivity index (χ1n) is 6.26. The number of carboxylic acids is 1. The molecule has 1 fully saturated rings. The number of carboxylic acid groups (broad SMARTS) is 1. The number of hydrogen-bond donors (Lipinski definition) is 1. The topological polar surface area (TPSA) is 64.3 Å². The van der Waals surface area contributed by atoms with E-state index in [0.29, 0.717) is 35.7 Å². The van der Waals surface area contributed by atoms with Crippen molar-refractivity contribution in [2.75, 3.05) is 11.4 Å². The highest BCUT2D eigenvalue weighted by Crippen LogP contribution is 2.39. The summed E-state index contributed by atoms with van der Waals surface area (Å²) in [5.41, 5.74) is 0.182. The van der Waals surface area contributed by atoms with Crippen LogP contribution in [0.5, 0.6) is 0 Å². The summed E-state index contributed by atoms with van der Waals surface area (Å²) >= 11 is 5.88. The lowest BCUT2D eigenvalue weighted by atomic mass is 9.92. The van der Waals surface area contributed by atoms with Crippen LogP contribution in [0.25, 0.3) is 0 Å². The average molecular weight is 279 g/mol. The van der Waals surface area contributed by atoms with E-state index in [2.05, 4.69) is 6.07 Å². The molecule has 100 valence electrons. The molecule has 5 heteroatoms. The summed E-state index contributed by atoms with van der Waals surface area (Å²) in [6, 6.07) is 7.10. The minimum Gasteiger partial charge on any atom is -0.479 e. The number of aliphatic carboxylic acids is 1. The summed E-state index contributed by atoms with van der Waals surface area (Å²) in [7, 11) is 0. The van der Waals surface area contributed by atoms with Gasteiger partial charge in [0, 0.05) is 11.6 Å². The Labute approximate surface area is 117 Å². The molecule has 1 saturated heterocycles. The molecule has 1 N–H and O–H groups in total. The van der Waals surface area contributed by atoms with Crippen LogP contribution in [0.2, 0.25) is 5.02 Å². The first kappa shape index (κ1) is 13.7. The lowest BCUT2D eigenvalue weighted by Gasteiger charge is -2.36. The van der Waals surface area contributed by atoms with Crippen molar-refractivity contribution in [3.63, 3.8) is 0 Å². The Hall–Kier alpha value is -1.73. The molecule has 1 atom stereocenters. The quantitative estimate of drug-likeness (QED) is 0.923. The molecule has 1 aromatic rings. The normalized spacial score (nSPS) is 22.3.